The molecule has 158 valence electrons. The Morgan fingerprint density at radius 1 is 1.25 bits per heavy atom. The zero-order chi connectivity index (χ0) is 20.6. The molecule has 3 aliphatic rings. The Labute approximate surface area is 164 Å². The van der Waals surface area contributed by atoms with Crippen LogP contribution in [0.5, 0.6) is 0 Å². The van der Waals surface area contributed by atoms with E-state index in [1.54, 1.807) is 0 Å². The van der Waals surface area contributed by atoms with E-state index < -0.39 is 23.7 Å². The zero-order valence-corrected chi connectivity index (χ0v) is 16.6. The Balaban J connectivity index is 1.47. The van der Waals surface area contributed by atoms with E-state index in [4.69, 9.17) is 4.84 Å². The molecule has 3 N–H and O–H groups in total. The van der Waals surface area contributed by atoms with Crippen LogP contribution in [-0.4, -0.2) is 80.0 Å². The molecule has 2 heterocycles. The Morgan fingerprint density at radius 2 is 1.96 bits per heavy atom. The number of fused-ring (bicyclic) bond motifs is 2. The molecule has 0 aromatic heterocycles. The van der Waals surface area contributed by atoms with Crippen LogP contribution < -0.4 is 5.48 Å². The fraction of sp³-hybridized carbons (Fsp3) is 0.833. The van der Waals surface area contributed by atoms with Gasteiger partial charge in [0.1, 0.15) is 6.04 Å². The molecule has 10 nitrogen and oxygen atoms in total. The first-order chi connectivity index (χ1) is 13.1. The van der Waals surface area contributed by atoms with Crippen LogP contribution in [0, 0.1) is 5.92 Å². The van der Waals surface area contributed by atoms with E-state index >= 15 is 0 Å². The van der Waals surface area contributed by atoms with Crippen molar-refractivity contribution >= 4 is 18.0 Å². The number of nitrogens with zero attached hydrogens (tertiary/aromatic N) is 3. The topological polar surface area (TPSA) is 123 Å². The van der Waals surface area contributed by atoms with E-state index in [0.717, 1.165) is 12.8 Å². The van der Waals surface area contributed by atoms with Gasteiger partial charge in [-0.05, 0) is 58.8 Å². The second kappa shape index (κ2) is 7.75. The van der Waals surface area contributed by atoms with Crippen molar-refractivity contribution in [3.8, 4) is 0 Å². The third-order valence-electron chi connectivity index (χ3n) is 5.95. The normalized spacial score (nSPS) is 29.9. The molecular formula is C18H30N4O6. The fourth-order valence-corrected chi connectivity index (χ4v) is 4.33. The van der Waals surface area contributed by atoms with Crippen molar-refractivity contribution in [2.24, 2.45) is 5.92 Å². The lowest BCUT2D eigenvalue weighted by molar-refractivity contribution is -0.143. The van der Waals surface area contributed by atoms with Gasteiger partial charge in [-0.1, -0.05) is 0 Å². The first-order valence-electron chi connectivity index (χ1n) is 9.82. The lowest BCUT2D eigenvalue weighted by atomic mass is 10.0. The average molecular weight is 398 g/mol. The molecule has 1 aliphatic carbocycles. The number of carboxylic acid groups (broad SMARTS) is 1. The number of hydroxylamine groups is 3. The maximum Gasteiger partial charge on any atom is 0.407 e. The van der Waals surface area contributed by atoms with Crippen LogP contribution in [0.3, 0.4) is 0 Å². The molecule has 2 unspecified atom stereocenters. The number of amides is 4. The van der Waals surface area contributed by atoms with Crippen molar-refractivity contribution in [3.63, 3.8) is 0 Å². The van der Waals surface area contributed by atoms with Crippen LogP contribution >= 0.6 is 0 Å². The molecule has 10 heteroatoms. The highest BCUT2D eigenvalue weighted by molar-refractivity contribution is 5.87. The summed E-state index contributed by atoms with van der Waals surface area (Å²) in [7, 11) is 0. The lowest BCUT2D eigenvalue weighted by Crippen LogP contribution is -2.50. The molecule has 28 heavy (non-hydrogen) atoms. The highest BCUT2D eigenvalue weighted by Gasteiger charge is 2.47. The van der Waals surface area contributed by atoms with Gasteiger partial charge in [0.15, 0.2) is 0 Å². The molecule has 2 saturated heterocycles. The number of hydrogen-bond donors (Lipinski definition) is 3. The largest absolute Gasteiger partial charge is 0.465 e. The molecule has 2 bridgehead atoms. The summed E-state index contributed by atoms with van der Waals surface area (Å²) in [6, 6.07) is -1.42. The number of rotatable bonds is 5. The minimum atomic E-state index is -0.936. The number of carbonyl (C=O) groups is 3. The third kappa shape index (κ3) is 4.17. The van der Waals surface area contributed by atoms with Gasteiger partial charge < -0.3 is 14.9 Å². The Hall–Kier alpha value is -2.07. The molecule has 3 fully saturated rings. The van der Waals surface area contributed by atoms with Crippen LogP contribution in [0.2, 0.25) is 0 Å². The Morgan fingerprint density at radius 3 is 2.61 bits per heavy atom. The van der Waals surface area contributed by atoms with Gasteiger partial charge in [-0.15, -0.1) is 0 Å². The number of carbonyl (C=O) groups excluding carboxylic acids is 2. The van der Waals surface area contributed by atoms with Crippen molar-refractivity contribution in [1.82, 2.24) is 20.3 Å². The number of piperidine rings is 1. The molecule has 0 aromatic rings. The number of urea groups is 1. The maximum atomic E-state index is 12.5. The minimum absolute atomic E-state index is 0.176. The molecule has 0 radical (unpaired) electrons. The summed E-state index contributed by atoms with van der Waals surface area (Å²) < 4.78 is 0. The van der Waals surface area contributed by atoms with Crippen molar-refractivity contribution in [3.05, 3.63) is 0 Å². The molecule has 4 atom stereocenters. The smallest absolute Gasteiger partial charge is 0.407 e. The monoisotopic (exact) mass is 398 g/mol. The molecule has 0 spiro atoms. The van der Waals surface area contributed by atoms with Crippen molar-refractivity contribution in [2.75, 3.05) is 13.1 Å². The third-order valence-corrected chi connectivity index (χ3v) is 5.95. The predicted octanol–water partition coefficient (Wildman–Crippen LogP) is 1.64. The summed E-state index contributed by atoms with van der Waals surface area (Å²) in [6.45, 7) is 6.38. The predicted molar refractivity (Wildman–Crippen MR) is 97.4 cm³/mol. The van der Waals surface area contributed by atoms with E-state index in [9.17, 15) is 24.7 Å². The van der Waals surface area contributed by atoms with Gasteiger partial charge in [-0.2, -0.15) is 0 Å². The molecule has 4 amide bonds. The van der Waals surface area contributed by atoms with Crippen LogP contribution in [0.4, 0.5) is 9.59 Å². The standard InChI is InChI=1S/C18H30N4O6/c1-18(2,3)21(17(25)26)9-11-4-6-13(8-11)28-19-15(23)14-7-5-12-10-20(14)16(24)22(12)27/h11-14,27H,4-10H2,1-3H3,(H,19,23)(H,25,26)/t11?,12-,13?,14+/m1/s1. The highest BCUT2D eigenvalue weighted by atomic mass is 16.7. The van der Waals surface area contributed by atoms with Gasteiger partial charge in [-0.3, -0.25) is 14.8 Å². The van der Waals surface area contributed by atoms with E-state index in [1.165, 1.54) is 9.80 Å². The van der Waals surface area contributed by atoms with E-state index in [2.05, 4.69) is 5.48 Å². The van der Waals surface area contributed by atoms with Crippen LogP contribution in [0.25, 0.3) is 0 Å². The second-order valence-electron chi connectivity index (χ2n) is 8.98. The van der Waals surface area contributed by atoms with E-state index in [1.807, 2.05) is 20.8 Å². The van der Waals surface area contributed by atoms with Gasteiger partial charge in [0.05, 0.1) is 12.1 Å². The average Bonchev–Trinajstić information content (AvgIpc) is 3.16. The number of hydrogen-bond acceptors (Lipinski definition) is 5. The minimum Gasteiger partial charge on any atom is -0.465 e. The molecule has 2 aliphatic heterocycles. The van der Waals surface area contributed by atoms with Gasteiger partial charge in [0.2, 0.25) is 0 Å². The SMILES string of the molecule is CC(C)(C)N(CC1CCC(ONC(=O)[C@@H]2CC[C@@H]3CN2C(=O)N3O)C1)C(=O)O. The lowest BCUT2D eigenvalue weighted by Gasteiger charge is -2.35. The maximum absolute atomic E-state index is 12.5. The van der Waals surface area contributed by atoms with Crippen LogP contribution in [0.15, 0.2) is 0 Å². The van der Waals surface area contributed by atoms with Gasteiger partial charge in [-0.25, -0.2) is 20.1 Å². The molecule has 1 saturated carbocycles. The van der Waals surface area contributed by atoms with Gasteiger partial charge in [0, 0.05) is 18.6 Å². The van der Waals surface area contributed by atoms with E-state index in [0.29, 0.717) is 37.4 Å². The first kappa shape index (κ1) is 20.7. The number of nitrogens with one attached hydrogen (secondary N) is 1. The Kier molecular flexibility index (Phi) is 5.72. The summed E-state index contributed by atoms with van der Waals surface area (Å²) in [4.78, 5) is 44.3. The summed E-state index contributed by atoms with van der Waals surface area (Å²) >= 11 is 0. The molecule has 0 aromatic carbocycles. The van der Waals surface area contributed by atoms with Crippen LogP contribution in [0.1, 0.15) is 52.9 Å². The molecular weight excluding hydrogens is 368 g/mol. The van der Waals surface area contributed by atoms with Crippen molar-refractivity contribution < 1.29 is 29.5 Å². The van der Waals surface area contributed by atoms with Gasteiger partial charge >= 0.3 is 12.1 Å². The summed E-state index contributed by atoms with van der Waals surface area (Å²) in [5.41, 5.74) is 2.00. The first-order valence-corrected chi connectivity index (χ1v) is 9.82. The summed E-state index contributed by atoms with van der Waals surface area (Å²) in [5, 5.41) is 19.8. The summed E-state index contributed by atoms with van der Waals surface area (Å²) in [5.74, 6) is -0.205. The van der Waals surface area contributed by atoms with Crippen molar-refractivity contribution in [2.45, 2.75) is 76.6 Å². The zero-order valence-electron chi connectivity index (χ0n) is 16.6. The van der Waals surface area contributed by atoms with E-state index in [-0.39, 0.29) is 24.0 Å². The quantitative estimate of drug-likeness (QED) is 0.478. The van der Waals surface area contributed by atoms with Crippen LogP contribution in [-0.2, 0) is 9.63 Å². The Bertz CT molecular complexity index is 636. The fourth-order valence-electron chi connectivity index (χ4n) is 4.33. The molecule has 3 rings (SSSR count). The van der Waals surface area contributed by atoms with Gasteiger partial charge in [0.25, 0.3) is 5.91 Å². The van der Waals surface area contributed by atoms with Crippen molar-refractivity contribution in [1.29, 1.82) is 0 Å². The summed E-state index contributed by atoms with van der Waals surface area (Å²) in [6.07, 6.45) is 2.17. The second-order valence-corrected chi connectivity index (χ2v) is 8.98. The highest BCUT2D eigenvalue weighted by Crippen LogP contribution is 2.31.